The number of hydrogen-bond acceptors (Lipinski definition) is 3. The fourth-order valence-corrected chi connectivity index (χ4v) is 1.66. The van der Waals surface area contributed by atoms with Crippen molar-refractivity contribution < 1.29 is 5.11 Å². The zero-order valence-corrected chi connectivity index (χ0v) is 10.1. The molecule has 0 bridgehead atoms. The van der Waals surface area contributed by atoms with Crippen LogP contribution >= 0.6 is 23.2 Å². The highest BCUT2D eigenvalue weighted by molar-refractivity contribution is 6.42. The maximum absolute atomic E-state index is 11.2. The molecule has 0 spiro atoms. The van der Waals surface area contributed by atoms with Crippen molar-refractivity contribution in [2.24, 2.45) is 0 Å². The lowest BCUT2D eigenvalue weighted by Gasteiger charge is -2.05. The first-order chi connectivity index (χ1) is 8.11. The van der Waals surface area contributed by atoms with E-state index in [0.717, 1.165) is 10.2 Å². The van der Waals surface area contributed by atoms with Gasteiger partial charge in [0.15, 0.2) is 0 Å². The summed E-state index contributed by atoms with van der Waals surface area (Å²) in [7, 11) is 0. The number of aromatic nitrogens is 2. The highest BCUT2D eigenvalue weighted by Gasteiger charge is 2.05. The van der Waals surface area contributed by atoms with E-state index in [-0.39, 0.29) is 5.56 Å². The Labute approximate surface area is 107 Å². The molecule has 4 nitrogen and oxygen atoms in total. The van der Waals surface area contributed by atoms with Crippen molar-refractivity contribution in [2.45, 2.75) is 6.73 Å². The van der Waals surface area contributed by atoms with Crippen LogP contribution in [0.3, 0.4) is 0 Å². The molecule has 0 saturated carbocycles. The molecule has 0 amide bonds. The van der Waals surface area contributed by atoms with Gasteiger partial charge in [0.2, 0.25) is 0 Å². The van der Waals surface area contributed by atoms with Gasteiger partial charge < -0.3 is 5.11 Å². The molecule has 88 valence electrons. The molecule has 0 unspecified atom stereocenters. The molecule has 0 aliphatic rings. The number of nitrogens with zero attached hydrogens (tertiary/aromatic N) is 2. The van der Waals surface area contributed by atoms with Gasteiger partial charge in [-0.1, -0.05) is 29.3 Å². The van der Waals surface area contributed by atoms with Gasteiger partial charge >= 0.3 is 0 Å². The van der Waals surface area contributed by atoms with Gasteiger partial charge in [-0.15, -0.1) is 0 Å². The van der Waals surface area contributed by atoms with Crippen LogP contribution in [-0.4, -0.2) is 14.9 Å². The Morgan fingerprint density at radius 3 is 2.59 bits per heavy atom. The van der Waals surface area contributed by atoms with Crippen LogP contribution in [0.2, 0.25) is 10.0 Å². The second-order valence-corrected chi connectivity index (χ2v) is 4.14. The van der Waals surface area contributed by atoms with Crippen molar-refractivity contribution in [3.05, 3.63) is 50.7 Å². The van der Waals surface area contributed by atoms with Gasteiger partial charge in [-0.2, -0.15) is 5.10 Å². The minimum absolute atomic E-state index is 0.365. The lowest BCUT2D eigenvalue weighted by Crippen LogP contribution is -2.21. The first-order valence-electron chi connectivity index (χ1n) is 4.76. The van der Waals surface area contributed by atoms with E-state index < -0.39 is 6.73 Å². The van der Waals surface area contributed by atoms with Crippen molar-refractivity contribution in [3.8, 4) is 11.3 Å². The molecule has 0 fully saturated rings. The average Bonchev–Trinajstić information content (AvgIpc) is 2.33. The first-order valence-corrected chi connectivity index (χ1v) is 5.52. The molecule has 0 saturated heterocycles. The molecule has 1 N–H and O–H groups in total. The van der Waals surface area contributed by atoms with E-state index in [9.17, 15) is 4.79 Å². The summed E-state index contributed by atoms with van der Waals surface area (Å²) in [5, 5.41) is 13.8. The zero-order valence-electron chi connectivity index (χ0n) is 8.60. The molecule has 0 aliphatic carbocycles. The van der Waals surface area contributed by atoms with Gasteiger partial charge in [0.25, 0.3) is 5.56 Å². The molecule has 0 radical (unpaired) electrons. The Morgan fingerprint density at radius 1 is 1.18 bits per heavy atom. The van der Waals surface area contributed by atoms with Crippen LogP contribution in [0.15, 0.2) is 35.1 Å². The smallest absolute Gasteiger partial charge is 0.268 e. The predicted octanol–water partition coefficient (Wildman–Crippen LogP) is 2.17. The van der Waals surface area contributed by atoms with Crippen molar-refractivity contribution in [2.75, 3.05) is 0 Å². The average molecular weight is 271 g/mol. The molecule has 1 heterocycles. The summed E-state index contributed by atoms with van der Waals surface area (Å²) in [6, 6.07) is 7.94. The van der Waals surface area contributed by atoms with Crippen LogP contribution in [0.4, 0.5) is 0 Å². The van der Waals surface area contributed by atoms with Gasteiger partial charge in [0.05, 0.1) is 15.7 Å². The first kappa shape index (κ1) is 12.1. The molecule has 17 heavy (non-hydrogen) atoms. The number of aliphatic hydroxyl groups is 1. The summed E-state index contributed by atoms with van der Waals surface area (Å²) in [5.74, 6) is 0. The molecule has 0 aliphatic heterocycles. The number of halogens is 2. The van der Waals surface area contributed by atoms with E-state index in [1.54, 1.807) is 24.3 Å². The summed E-state index contributed by atoms with van der Waals surface area (Å²) in [6.07, 6.45) is 0. The Balaban J connectivity index is 2.53. The largest absolute Gasteiger partial charge is 0.374 e. The fraction of sp³-hybridized carbons (Fsp3) is 0.0909. The van der Waals surface area contributed by atoms with E-state index in [0.29, 0.717) is 15.7 Å². The van der Waals surface area contributed by atoms with Crippen LogP contribution < -0.4 is 5.56 Å². The third-order valence-electron chi connectivity index (χ3n) is 2.22. The topological polar surface area (TPSA) is 55.1 Å². The van der Waals surface area contributed by atoms with Crippen LogP contribution in [0.1, 0.15) is 0 Å². The zero-order chi connectivity index (χ0) is 12.4. The summed E-state index contributed by atoms with van der Waals surface area (Å²) >= 11 is 11.7. The van der Waals surface area contributed by atoms with Gasteiger partial charge in [0.1, 0.15) is 6.73 Å². The summed E-state index contributed by atoms with van der Waals surface area (Å²) in [5.41, 5.74) is 0.898. The van der Waals surface area contributed by atoms with Gasteiger partial charge in [-0.3, -0.25) is 4.79 Å². The quantitative estimate of drug-likeness (QED) is 0.910. The van der Waals surface area contributed by atoms with Crippen molar-refractivity contribution >= 4 is 23.2 Å². The number of aliphatic hydroxyl groups excluding tert-OH is 1. The van der Waals surface area contributed by atoms with E-state index >= 15 is 0 Å². The van der Waals surface area contributed by atoms with Crippen LogP contribution in [0.5, 0.6) is 0 Å². The molecule has 1 aromatic heterocycles. The van der Waals surface area contributed by atoms with Crippen LogP contribution in [-0.2, 0) is 6.73 Å². The molecule has 0 atom stereocenters. The Hall–Kier alpha value is -1.36. The molecule has 1 aromatic carbocycles. The van der Waals surface area contributed by atoms with Gasteiger partial charge in [0, 0.05) is 11.6 Å². The second kappa shape index (κ2) is 4.87. The second-order valence-electron chi connectivity index (χ2n) is 3.33. The molecule has 2 aromatic rings. The Bertz CT molecular complexity index is 611. The third-order valence-corrected chi connectivity index (χ3v) is 2.95. The molecule has 6 heteroatoms. The fourth-order valence-electron chi connectivity index (χ4n) is 1.36. The van der Waals surface area contributed by atoms with E-state index in [1.165, 1.54) is 6.07 Å². The molecular weight excluding hydrogens is 263 g/mol. The van der Waals surface area contributed by atoms with Gasteiger partial charge in [-0.05, 0) is 18.2 Å². The SMILES string of the molecule is O=c1ccc(-c2ccc(Cl)c(Cl)c2)nn1CO. The number of hydrogen-bond donors (Lipinski definition) is 1. The third kappa shape index (κ3) is 2.49. The Morgan fingerprint density at radius 2 is 1.94 bits per heavy atom. The minimum Gasteiger partial charge on any atom is -0.374 e. The minimum atomic E-state index is -0.464. The van der Waals surface area contributed by atoms with E-state index in [4.69, 9.17) is 28.3 Å². The lowest BCUT2D eigenvalue weighted by molar-refractivity contribution is 0.189. The summed E-state index contributed by atoms with van der Waals surface area (Å²) in [6.45, 7) is -0.464. The normalized spacial score (nSPS) is 10.5. The lowest BCUT2D eigenvalue weighted by atomic mass is 10.1. The monoisotopic (exact) mass is 270 g/mol. The van der Waals surface area contributed by atoms with Crippen LogP contribution in [0.25, 0.3) is 11.3 Å². The summed E-state index contributed by atoms with van der Waals surface area (Å²) in [4.78, 5) is 11.2. The molecular formula is C11H8Cl2N2O2. The van der Waals surface area contributed by atoms with Crippen molar-refractivity contribution in [3.63, 3.8) is 0 Å². The van der Waals surface area contributed by atoms with Gasteiger partial charge in [-0.25, -0.2) is 4.68 Å². The summed E-state index contributed by atoms with van der Waals surface area (Å²) < 4.78 is 0.956. The van der Waals surface area contributed by atoms with Crippen LogP contribution in [0, 0.1) is 0 Å². The van der Waals surface area contributed by atoms with Crippen molar-refractivity contribution in [1.29, 1.82) is 0 Å². The predicted molar refractivity (Wildman–Crippen MR) is 66.2 cm³/mol. The van der Waals surface area contributed by atoms with E-state index in [1.807, 2.05) is 0 Å². The maximum atomic E-state index is 11.2. The standard InChI is InChI=1S/C11H8Cl2N2O2/c12-8-2-1-7(5-9(8)13)10-3-4-11(17)15(6-16)14-10/h1-5,16H,6H2. The van der Waals surface area contributed by atoms with E-state index in [2.05, 4.69) is 5.10 Å². The Kier molecular flexibility index (Phi) is 3.47. The molecule has 2 rings (SSSR count). The number of benzene rings is 1. The maximum Gasteiger partial charge on any atom is 0.268 e. The highest BCUT2D eigenvalue weighted by atomic mass is 35.5. The van der Waals surface area contributed by atoms with Crippen molar-refractivity contribution in [1.82, 2.24) is 9.78 Å². The number of rotatable bonds is 2. The highest BCUT2D eigenvalue weighted by Crippen LogP contribution is 2.26.